The summed E-state index contributed by atoms with van der Waals surface area (Å²) in [5.74, 6) is 1.13. The molecule has 20 heavy (non-hydrogen) atoms. The van der Waals surface area contributed by atoms with Crippen molar-refractivity contribution >= 4 is 10.8 Å². The minimum Gasteiger partial charge on any atom is -0.508 e. The number of fused-ring (bicyclic) bond motifs is 1. The van der Waals surface area contributed by atoms with Crippen LogP contribution >= 0.6 is 0 Å². The first-order valence-electron chi connectivity index (χ1n) is 6.60. The predicted octanol–water partition coefficient (Wildman–Crippen LogP) is 4.14. The summed E-state index contributed by atoms with van der Waals surface area (Å²) in [5, 5.41) is 12.3. The van der Waals surface area contributed by atoms with E-state index in [1.807, 2.05) is 42.5 Å². The highest BCUT2D eigenvalue weighted by molar-refractivity contribution is 5.89. The zero-order valence-corrected chi connectivity index (χ0v) is 11.3. The average Bonchev–Trinajstić information content (AvgIpc) is 2.51. The van der Waals surface area contributed by atoms with Gasteiger partial charge in [0, 0.05) is 12.0 Å². The number of ether oxygens (including phenoxy) is 1. The Bertz CT molecular complexity index is 733. The summed E-state index contributed by atoms with van der Waals surface area (Å²) in [6.45, 7) is 0. The standard InChI is InChI=1S/C18H16O2/c1-20-15-9-7-14-8-10-18(19)17(16(14)12-15)11-13-5-3-2-4-6-13/h2-10,12,19H,11H2,1H3. The Balaban J connectivity index is 2.14. The number of hydrogen-bond acceptors (Lipinski definition) is 2. The van der Waals surface area contributed by atoms with E-state index in [0.29, 0.717) is 12.2 Å². The second-order valence-electron chi connectivity index (χ2n) is 4.81. The van der Waals surface area contributed by atoms with Gasteiger partial charge in [-0.1, -0.05) is 42.5 Å². The third kappa shape index (κ3) is 2.32. The molecule has 100 valence electrons. The molecule has 0 saturated carbocycles. The van der Waals surface area contributed by atoms with Crippen LogP contribution in [0, 0.1) is 0 Å². The molecule has 0 bridgehead atoms. The molecule has 0 spiro atoms. The molecule has 0 radical (unpaired) electrons. The number of phenols is 1. The number of benzene rings is 3. The van der Waals surface area contributed by atoms with Crippen LogP contribution in [0.1, 0.15) is 11.1 Å². The molecular weight excluding hydrogens is 248 g/mol. The number of hydrogen-bond donors (Lipinski definition) is 1. The van der Waals surface area contributed by atoms with Crippen molar-refractivity contribution in [2.75, 3.05) is 7.11 Å². The van der Waals surface area contributed by atoms with Crippen molar-refractivity contribution < 1.29 is 9.84 Å². The lowest BCUT2D eigenvalue weighted by atomic mass is 9.97. The average molecular weight is 264 g/mol. The summed E-state index contributed by atoms with van der Waals surface area (Å²) in [7, 11) is 1.65. The Hall–Kier alpha value is -2.48. The van der Waals surface area contributed by atoms with Gasteiger partial charge in [-0.2, -0.15) is 0 Å². The van der Waals surface area contributed by atoms with E-state index in [0.717, 1.165) is 22.1 Å². The molecule has 0 atom stereocenters. The van der Waals surface area contributed by atoms with Crippen LogP contribution in [0.15, 0.2) is 60.7 Å². The van der Waals surface area contributed by atoms with Gasteiger partial charge in [-0.25, -0.2) is 0 Å². The highest BCUT2D eigenvalue weighted by Crippen LogP contribution is 2.31. The highest BCUT2D eigenvalue weighted by Gasteiger charge is 2.09. The van der Waals surface area contributed by atoms with E-state index < -0.39 is 0 Å². The predicted molar refractivity (Wildman–Crippen MR) is 81.4 cm³/mol. The normalized spacial score (nSPS) is 10.7. The van der Waals surface area contributed by atoms with E-state index in [9.17, 15) is 5.11 Å². The van der Waals surface area contributed by atoms with E-state index in [4.69, 9.17) is 4.74 Å². The van der Waals surface area contributed by atoms with Crippen LogP contribution in [0.25, 0.3) is 10.8 Å². The van der Waals surface area contributed by atoms with Crippen LogP contribution in [0.2, 0.25) is 0 Å². The third-order valence-corrected chi connectivity index (χ3v) is 3.54. The molecule has 1 N–H and O–H groups in total. The SMILES string of the molecule is COc1ccc2ccc(O)c(Cc3ccccc3)c2c1. The summed E-state index contributed by atoms with van der Waals surface area (Å²) in [6, 6.07) is 19.8. The van der Waals surface area contributed by atoms with Gasteiger partial charge in [-0.05, 0) is 34.5 Å². The van der Waals surface area contributed by atoms with Gasteiger partial charge in [0.05, 0.1) is 7.11 Å². The quantitative estimate of drug-likeness (QED) is 0.770. The lowest BCUT2D eigenvalue weighted by Gasteiger charge is -2.11. The number of aromatic hydroxyl groups is 1. The second-order valence-corrected chi connectivity index (χ2v) is 4.81. The van der Waals surface area contributed by atoms with Crippen LogP contribution in [-0.2, 0) is 6.42 Å². The summed E-state index contributed by atoms with van der Waals surface area (Å²) >= 11 is 0. The maximum absolute atomic E-state index is 10.2. The molecule has 3 aromatic rings. The number of methoxy groups -OCH3 is 1. The Morgan fingerprint density at radius 2 is 1.70 bits per heavy atom. The van der Waals surface area contributed by atoms with Crippen LogP contribution in [0.4, 0.5) is 0 Å². The lowest BCUT2D eigenvalue weighted by molar-refractivity contribution is 0.415. The Morgan fingerprint density at radius 1 is 0.950 bits per heavy atom. The van der Waals surface area contributed by atoms with Gasteiger partial charge in [-0.15, -0.1) is 0 Å². The molecule has 0 aromatic heterocycles. The van der Waals surface area contributed by atoms with E-state index in [2.05, 4.69) is 12.1 Å². The van der Waals surface area contributed by atoms with Crippen molar-refractivity contribution in [1.29, 1.82) is 0 Å². The number of phenolic OH excluding ortho intramolecular Hbond substituents is 1. The fourth-order valence-corrected chi connectivity index (χ4v) is 2.46. The smallest absolute Gasteiger partial charge is 0.119 e. The molecule has 2 heteroatoms. The molecule has 0 fully saturated rings. The third-order valence-electron chi connectivity index (χ3n) is 3.54. The Labute approximate surface area is 118 Å². The molecule has 0 unspecified atom stereocenters. The minimum atomic E-state index is 0.328. The van der Waals surface area contributed by atoms with E-state index in [1.54, 1.807) is 13.2 Å². The van der Waals surface area contributed by atoms with E-state index >= 15 is 0 Å². The lowest BCUT2D eigenvalue weighted by Crippen LogP contribution is -1.92. The van der Waals surface area contributed by atoms with Crippen molar-refractivity contribution in [3.05, 3.63) is 71.8 Å². The Morgan fingerprint density at radius 3 is 2.45 bits per heavy atom. The molecule has 0 saturated heterocycles. The summed E-state index contributed by atoms with van der Waals surface area (Å²) in [5.41, 5.74) is 2.12. The van der Waals surface area contributed by atoms with Crippen LogP contribution in [0.5, 0.6) is 11.5 Å². The van der Waals surface area contributed by atoms with E-state index in [1.165, 1.54) is 5.56 Å². The van der Waals surface area contributed by atoms with Crippen molar-refractivity contribution in [3.8, 4) is 11.5 Å². The monoisotopic (exact) mass is 264 g/mol. The zero-order chi connectivity index (χ0) is 13.9. The van der Waals surface area contributed by atoms with Crippen LogP contribution in [0.3, 0.4) is 0 Å². The molecule has 3 aromatic carbocycles. The summed E-state index contributed by atoms with van der Waals surface area (Å²) in [4.78, 5) is 0. The minimum absolute atomic E-state index is 0.328. The van der Waals surface area contributed by atoms with Crippen LogP contribution < -0.4 is 4.74 Å². The maximum Gasteiger partial charge on any atom is 0.119 e. The molecule has 0 aliphatic carbocycles. The molecule has 3 rings (SSSR count). The molecule has 0 aliphatic rings. The topological polar surface area (TPSA) is 29.5 Å². The Kier molecular flexibility index (Phi) is 3.30. The number of rotatable bonds is 3. The van der Waals surface area contributed by atoms with Gasteiger partial charge >= 0.3 is 0 Å². The molecule has 0 heterocycles. The van der Waals surface area contributed by atoms with Crippen molar-refractivity contribution in [3.63, 3.8) is 0 Å². The van der Waals surface area contributed by atoms with Gasteiger partial charge in [0.2, 0.25) is 0 Å². The second kappa shape index (κ2) is 5.25. The van der Waals surface area contributed by atoms with E-state index in [-0.39, 0.29) is 0 Å². The van der Waals surface area contributed by atoms with Gasteiger partial charge < -0.3 is 9.84 Å². The molecule has 2 nitrogen and oxygen atoms in total. The van der Waals surface area contributed by atoms with Crippen molar-refractivity contribution in [1.82, 2.24) is 0 Å². The van der Waals surface area contributed by atoms with Crippen molar-refractivity contribution in [2.24, 2.45) is 0 Å². The highest BCUT2D eigenvalue weighted by atomic mass is 16.5. The largest absolute Gasteiger partial charge is 0.508 e. The van der Waals surface area contributed by atoms with Crippen molar-refractivity contribution in [2.45, 2.75) is 6.42 Å². The summed E-state index contributed by atoms with van der Waals surface area (Å²) < 4.78 is 5.29. The zero-order valence-electron chi connectivity index (χ0n) is 11.3. The summed E-state index contributed by atoms with van der Waals surface area (Å²) in [6.07, 6.45) is 0.706. The molecule has 0 aliphatic heterocycles. The first-order chi connectivity index (χ1) is 9.78. The van der Waals surface area contributed by atoms with Crippen LogP contribution in [-0.4, -0.2) is 12.2 Å². The molecular formula is C18H16O2. The first kappa shape index (κ1) is 12.5. The van der Waals surface area contributed by atoms with Gasteiger partial charge in [0.1, 0.15) is 11.5 Å². The fraction of sp³-hybridized carbons (Fsp3) is 0.111. The van der Waals surface area contributed by atoms with Gasteiger partial charge in [0.25, 0.3) is 0 Å². The molecule has 0 amide bonds. The first-order valence-corrected chi connectivity index (χ1v) is 6.60. The van der Waals surface area contributed by atoms with Gasteiger partial charge in [-0.3, -0.25) is 0 Å². The fourth-order valence-electron chi connectivity index (χ4n) is 2.46. The maximum atomic E-state index is 10.2. The van der Waals surface area contributed by atoms with Gasteiger partial charge in [0.15, 0.2) is 0 Å².